The quantitative estimate of drug-likeness (QED) is 0.353. The van der Waals surface area contributed by atoms with E-state index in [1.807, 2.05) is 44.2 Å². The number of amides is 1. The van der Waals surface area contributed by atoms with Crippen molar-refractivity contribution in [3.8, 4) is 6.07 Å². The SMILES string of the molecule is Cc1cc(/C=C(\C#N)C(=O)OC(C)C(=O)N(C)c2ccccc2)c(C)n1CCC(C)C. The van der Waals surface area contributed by atoms with Crippen LogP contribution in [-0.2, 0) is 20.9 Å². The maximum Gasteiger partial charge on any atom is 0.349 e. The number of para-hydroxylation sites is 1. The van der Waals surface area contributed by atoms with Crippen molar-refractivity contribution >= 4 is 23.6 Å². The van der Waals surface area contributed by atoms with Crippen LogP contribution in [0.15, 0.2) is 42.0 Å². The number of benzene rings is 1. The van der Waals surface area contributed by atoms with Crippen LogP contribution in [0.4, 0.5) is 5.69 Å². The zero-order valence-corrected chi connectivity index (χ0v) is 19.2. The summed E-state index contributed by atoms with van der Waals surface area (Å²) >= 11 is 0. The zero-order chi connectivity index (χ0) is 23.1. The molecule has 1 atom stereocenters. The summed E-state index contributed by atoms with van der Waals surface area (Å²) in [5.41, 5.74) is 3.43. The number of ether oxygens (including phenoxy) is 1. The number of nitriles is 1. The Morgan fingerprint density at radius 2 is 1.84 bits per heavy atom. The highest BCUT2D eigenvalue weighted by Crippen LogP contribution is 2.20. The Bertz CT molecular complexity index is 997. The van der Waals surface area contributed by atoms with Gasteiger partial charge in [0.05, 0.1) is 0 Å². The second-order valence-corrected chi connectivity index (χ2v) is 8.11. The topological polar surface area (TPSA) is 75.3 Å². The van der Waals surface area contributed by atoms with Crippen molar-refractivity contribution in [3.63, 3.8) is 0 Å². The molecule has 1 heterocycles. The average Bonchev–Trinajstić information content (AvgIpc) is 3.01. The molecule has 0 saturated carbocycles. The molecule has 1 aromatic carbocycles. The largest absolute Gasteiger partial charge is 0.448 e. The van der Waals surface area contributed by atoms with Gasteiger partial charge in [0.25, 0.3) is 5.91 Å². The number of carbonyl (C=O) groups is 2. The van der Waals surface area contributed by atoms with Crippen LogP contribution >= 0.6 is 0 Å². The molecule has 6 nitrogen and oxygen atoms in total. The number of likely N-dealkylation sites (N-methyl/N-ethyl adjacent to an activating group) is 1. The fourth-order valence-electron chi connectivity index (χ4n) is 3.32. The van der Waals surface area contributed by atoms with E-state index in [2.05, 4.69) is 18.4 Å². The number of nitrogens with zero attached hydrogens (tertiary/aromatic N) is 3. The molecule has 0 aliphatic heterocycles. The molecule has 0 N–H and O–H groups in total. The number of hydrogen-bond donors (Lipinski definition) is 0. The van der Waals surface area contributed by atoms with E-state index >= 15 is 0 Å². The Kier molecular flexibility index (Phi) is 8.21. The van der Waals surface area contributed by atoms with Crippen LogP contribution in [-0.4, -0.2) is 29.6 Å². The summed E-state index contributed by atoms with van der Waals surface area (Å²) in [4.78, 5) is 26.6. The fourth-order valence-corrected chi connectivity index (χ4v) is 3.32. The van der Waals surface area contributed by atoms with Gasteiger partial charge in [-0.2, -0.15) is 5.26 Å². The van der Waals surface area contributed by atoms with E-state index in [1.54, 1.807) is 19.2 Å². The Labute approximate surface area is 184 Å². The van der Waals surface area contributed by atoms with Crippen molar-refractivity contribution < 1.29 is 14.3 Å². The van der Waals surface area contributed by atoms with Crippen molar-refractivity contribution in [2.24, 2.45) is 5.92 Å². The minimum absolute atomic E-state index is 0.133. The molecular formula is C25H31N3O3. The van der Waals surface area contributed by atoms with Gasteiger partial charge in [0.1, 0.15) is 11.6 Å². The van der Waals surface area contributed by atoms with Gasteiger partial charge in [0.15, 0.2) is 6.10 Å². The third-order valence-electron chi connectivity index (χ3n) is 5.29. The monoisotopic (exact) mass is 421 g/mol. The van der Waals surface area contributed by atoms with E-state index in [4.69, 9.17) is 4.74 Å². The molecular weight excluding hydrogens is 390 g/mol. The van der Waals surface area contributed by atoms with Gasteiger partial charge in [0, 0.05) is 30.7 Å². The van der Waals surface area contributed by atoms with E-state index in [9.17, 15) is 14.9 Å². The first-order valence-corrected chi connectivity index (χ1v) is 10.5. The molecule has 0 fully saturated rings. The first kappa shape index (κ1) is 23.9. The van der Waals surface area contributed by atoms with Crippen molar-refractivity contribution in [2.75, 3.05) is 11.9 Å². The lowest BCUT2D eigenvalue weighted by molar-refractivity contribution is -0.149. The molecule has 0 bridgehead atoms. The van der Waals surface area contributed by atoms with Gasteiger partial charge >= 0.3 is 5.97 Å². The lowest BCUT2D eigenvalue weighted by Crippen LogP contribution is -2.37. The van der Waals surface area contributed by atoms with Gasteiger partial charge in [-0.15, -0.1) is 0 Å². The summed E-state index contributed by atoms with van der Waals surface area (Å²) in [7, 11) is 1.62. The first-order valence-electron chi connectivity index (χ1n) is 10.5. The van der Waals surface area contributed by atoms with Crippen LogP contribution in [0.5, 0.6) is 0 Å². The highest BCUT2D eigenvalue weighted by atomic mass is 16.5. The number of anilines is 1. The van der Waals surface area contributed by atoms with Gasteiger partial charge < -0.3 is 14.2 Å². The summed E-state index contributed by atoms with van der Waals surface area (Å²) < 4.78 is 7.50. The number of hydrogen-bond acceptors (Lipinski definition) is 4. The molecule has 0 aliphatic rings. The van der Waals surface area contributed by atoms with Gasteiger partial charge in [-0.25, -0.2) is 4.79 Å². The van der Waals surface area contributed by atoms with Gasteiger partial charge in [-0.1, -0.05) is 32.0 Å². The summed E-state index contributed by atoms with van der Waals surface area (Å²) in [6.07, 6.45) is 1.56. The molecule has 0 saturated heterocycles. The van der Waals surface area contributed by atoms with Crippen LogP contribution < -0.4 is 4.90 Å². The maximum atomic E-state index is 12.6. The second kappa shape index (κ2) is 10.6. The zero-order valence-electron chi connectivity index (χ0n) is 19.2. The number of esters is 1. The lowest BCUT2D eigenvalue weighted by atomic mass is 10.1. The molecule has 1 aromatic heterocycles. The molecule has 0 aliphatic carbocycles. The Balaban J connectivity index is 2.15. The van der Waals surface area contributed by atoms with Crippen LogP contribution in [0, 0.1) is 31.1 Å². The van der Waals surface area contributed by atoms with E-state index in [0.717, 1.165) is 29.9 Å². The number of aromatic nitrogens is 1. The van der Waals surface area contributed by atoms with Crippen LogP contribution in [0.3, 0.4) is 0 Å². The highest BCUT2D eigenvalue weighted by molar-refractivity contribution is 6.01. The summed E-state index contributed by atoms with van der Waals surface area (Å²) in [5.74, 6) is -0.599. The van der Waals surface area contributed by atoms with E-state index in [0.29, 0.717) is 11.6 Å². The molecule has 1 unspecified atom stereocenters. The molecule has 1 amide bonds. The summed E-state index contributed by atoms with van der Waals surface area (Å²) in [5, 5.41) is 9.52. The molecule has 0 radical (unpaired) electrons. The molecule has 2 aromatic rings. The van der Waals surface area contributed by atoms with E-state index in [1.165, 1.54) is 17.9 Å². The minimum atomic E-state index is -1.02. The molecule has 31 heavy (non-hydrogen) atoms. The van der Waals surface area contributed by atoms with Gasteiger partial charge in [0.2, 0.25) is 0 Å². The lowest BCUT2D eigenvalue weighted by Gasteiger charge is -2.21. The third-order valence-corrected chi connectivity index (χ3v) is 5.29. The Hall–Kier alpha value is -3.33. The highest BCUT2D eigenvalue weighted by Gasteiger charge is 2.24. The van der Waals surface area contributed by atoms with Crippen molar-refractivity contribution in [1.82, 2.24) is 4.57 Å². The molecule has 2 rings (SSSR count). The van der Waals surface area contributed by atoms with Crippen LogP contribution in [0.25, 0.3) is 6.08 Å². The third kappa shape index (κ3) is 6.08. The normalized spacial score (nSPS) is 12.4. The second-order valence-electron chi connectivity index (χ2n) is 8.11. The smallest absolute Gasteiger partial charge is 0.349 e. The average molecular weight is 422 g/mol. The number of rotatable bonds is 8. The molecule has 164 valence electrons. The van der Waals surface area contributed by atoms with Gasteiger partial charge in [-0.05, 0) is 62.9 Å². The Morgan fingerprint density at radius 3 is 2.42 bits per heavy atom. The molecule has 6 heteroatoms. The molecule has 0 spiro atoms. The van der Waals surface area contributed by atoms with E-state index in [-0.39, 0.29) is 11.5 Å². The Morgan fingerprint density at radius 1 is 1.19 bits per heavy atom. The number of aryl methyl sites for hydroxylation is 1. The van der Waals surface area contributed by atoms with Crippen LogP contribution in [0.2, 0.25) is 0 Å². The minimum Gasteiger partial charge on any atom is -0.448 e. The van der Waals surface area contributed by atoms with E-state index < -0.39 is 12.1 Å². The van der Waals surface area contributed by atoms with Gasteiger partial charge in [-0.3, -0.25) is 4.79 Å². The fraction of sp³-hybridized carbons (Fsp3) is 0.400. The summed E-state index contributed by atoms with van der Waals surface area (Å²) in [6, 6.07) is 13.0. The van der Waals surface area contributed by atoms with Crippen molar-refractivity contribution in [3.05, 3.63) is 58.9 Å². The van der Waals surface area contributed by atoms with Crippen molar-refractivity contribution in [1.29, 1.82) is 5.26 Å². The predicted molar refractivity (Wildman–Crippen MR) is 122 cm³/mol. The maximum absolute atomic E-state index is 12.6. The van der Waals surface area contributed by atoms with Crippen LogP contribution in [0.1, 0.15) is 44.1 Å². The summed E-state index contributed by atoms with van der Waals surface area (Å²) in [6.45, 7) is 10.7. The standard InChI is InChI=1S/C25H31N3O3/c1-17(2)12-13-28-18(3)14-21(19(28)4)15-22(16-26)25(30)31-20(5)24(29)27(6)23-10-8-7-9-11-23/h7-11,14-15,17,20H,12-13H2,1-6H3/b22-15+. The van der Waals surface area contributed by atoms with Crippen molar-refractivity contribution in [2.45, 2.75) is 53.7 Å². The predicted octanol–water partition coefficient (Wildman–Crippen LogP) is 4.65. The first-order chi connectivity index (χ1) is 14.6. The number of carbonyl (C=O) groups excluding carboxylic acids is 2.